The topological polar surface area (TPSA) is 88.9 Å². The number of pyridine rings is 1. The molecule has 28 heavy (non-hydrogen) atoms. The predicted octanol–water partition coefficient (Wildman–Crippen LogP) is 3.69. The number of nitrogens with one attached hydrogen (secondary N) is 2. The van der Waals surface area contributed by atoms with E-state index in [1.54, 1.807) is 18.3 Å². The average molecular weight is 393 g/mol. The molecule has 0 unspecified atom stereocenters. The number of hydrogen-bond acceptors (Lipinski definition) is 6. The fourth-order valence-corrected chi connectivity index (χ4v) is 4.69. The lowest BCUT2D eigenvalue weighted by molar-refractivity contribution is -0.113. The summed E-state index contributed by atoms with van der Waals surface area (Å²) in [5, 5.41) is 6.94. The number of fused-ring (bicyclic) bond motifs is 2. The van der Waals surface area contributed by atoms with Gasteiger partial charge in [-0.05, 0) is 37.1 Å². The highest BCUT2D eigenvalue weighted by molar-refractivity contribution is 8.00. The molecule has 2 aliphatic rings. The fraction of sp³-hybridized carbons (Fsp3) is 0.300. The molecule has 1 aliphatic carbocycles. The summed E-state index contributed by atoms with van der Waals surface area (Å²) in [5.41, 5.74) is 2.22. The van der Waals surface area contributed by atoms with E-state index < -0.39 is 0 Å². The van der Waals surface area contributed by atoms with Gasteiger partial charge in [-0.3, -0.25) is 14.2 Å². The minimum Gasteiger partial charge on any atom is -0.324 e. The van der Waals surface area contributed by atoms with Crippen LogP contribution in [0.4, 0.5) is 17.3 Å². The number of aromatic nitrogens is 3. The molecular weight excluding hydrogens is 374 g/mol. The van der Waals surface area contributed by atoms with Gasteiger partial charge in [0.15, 0.2) is 0 Å². The van der Waals surface area contributed by atoms with Crippen LogP contribution in [-0.4, -0.2) is 26.2 Å². The highest BCUT2D eigenvalue weighted by Crippen LogP contribution is 2.34. The standard InChI is InChI=1S/C20H19N5O2S/c26-17-11-28-16-7-6-13(9-15(16)23-17)22-20-21-10-12-5-8-18(27)25(19(12)24-20)14-3-1-2-4-14/h5-10,14H,1-4,11H2,(H,23,26)(H,21,22,24). The van der Waals surface area contributed by atoms with Crippen LogP contribution < -0.4 is 16.2 Å². The van der Waals surface area contributed by atoms with Crippen molar-refractivity contribution < 1.29 is 4.79 Å². The Bertz CT molecular complexity index is 1140. The monoisotopic (exact) mass is 393 g/mol. The maximum Gasteiger partial charge on any atom is 0.252 e. The second-order valence-corrected chi connectivity index (χ2v) is 8.14. The van der Waals surface area contributed by atoms with Crippen molar-refractivity contribution in [3.05, 3.63) is 46.9 Å². The van der Waals surface area contributed by atoms with E-state index in [4.69, 9.17) is 0 Å². The van der Waals surface area contributed by atoms with E-state index in [0.29, 0.717) is 17.3 Å². The molecule has 2 N–H and O–H groups in total. The summed E-state index contributed by atoms with van der Waals surface area (Å²) in [4.78, 5) is 34.2. The molecule has 2 aromatic heterocycles. The van der Waals surface area contributed by atoms with Crippen molar-refractivity contribution in [3.63, 3.8) is 0 Å². The van der Waals surface area contributed by atoms with E-state index in [9.17, 15) is 9.59 Å². The molecule has 3 heterocycles. The summed E-state index contributed by atoms with van der Waals surface area (Å²) in [7, 11) is 0. The van der Waals surface area contributed by atoms with Crippen LogP contribution in [0.5, 0.6) is 0 Å². The number of carbonyl (C=O) groups is 1. The van der Waals surface area contributed by atoms with Gasteiger partial charge in [0, 0.05) is 34.3 Å². The van der Waals surface area contributed by atoms with Crippen molar-refractivity contribution in [2.24, 2.45) is 0 Å². The molecule has 0 saturated heterocycles. The van der Waals surface area contributed by atoms with Gasteiger partial charge in [0.25, 0.3) is 5.56 Å². The lowest BCUT2D eigenvalue weighted by atomic mass is 10.2. The first-order chi connectivity index (χ1) is 13.7. The van der Waals surface area contributed by atoms with Crippen LogP contribution in [0.15, 0.2) is 46.2 Å². The molecule has 8 heteroatoms. The molecule has 3 aromatic rings. The van der Waals surface area contributed by atoms with Crippen LogP contribution in [0.25, 0.3) is 11.0 Å². The lowest BCUT2D eigenvalue weighted by Gasteiger charge is -2.18. The van der Waals surface area contributed by atoms with Gasteiger partial charge in [-0.2, -0.15) is 4.98 Å². The summed E-state index contributed by atoms with van der Waals surface area (Å²) in [5.74, 6) is 0.864. The molecule has 1 aromatic carbocycles. The van der Waals surface area contributed by atoms with Gasteiger partial charge in [-0.25, -0.2) is 4.98 Å². The zero-order chi connectivity index (χ0) is 19.1. The summed E-state index contributed by atoms with van der Waals surface area (Å²) < 4.78 is 1.82. The summed E-state index contributed by atoms with van der Waals surface area (Å²) in [6.07, 6.45) is 6.04. The van der Waals surface area contributed by atoms with Crippen molar-refractivity contribution in [1.82, 2.24) is 14.5 Å². The number of benzene rings is 1. The van der Waals surface area contributed by atoms with E-state index in [0.717, 1.165) is 47.3 Å². The number of nitrogens with zero attached hydrogens (tertiary/aromatic N) is 3. The molecule has 1 aliphatic heterocycles. The minimum absolute atomic E-state index is 0.00261. The highest BCUT2D eigenvalue weighted by Gasteiger charge is 2.21. The third kappa shape index (κ3) is 3.13. The van der Waals surface area contributed by atoms with Crippen LogP contribution in [0.3, 0.4) is 0 Å². The number of hydrogen-bond donors (Lipinski definition) is 2. The van der Waals surface area contributed by atoms with E-state index in [2.05, 4.69) is 20.6 Å². The number of thioether (sulfide) groups is 1. The molecule has 142 valence electrons. The van der Waals surface area contributed by atoms with Gasteiger partial charge in [0.05, 0.1) is 11.4 Å². The van der Waals surface area contributed by atoms with Gasteiger partial charge < -0.3 is 10.6 Å². The average Bonchev–Trinajstić information content (AvgIpc) is 3.21. The van der Waals surface area contributed by atoms with Crippen LogP contribution in [0.2, 0.25) is 0 Å². The first-order valence-corrected chi connectivity index (χ1v) is 10.4. The maximum absolute atomic E-state index is 12.5. The Kier molecular flexibility index (Phi) is 4.27. The Balaban J connectivity index is 1.51. The molecule has 0 bridgehead atoms. The van der Waals surface area contributed by atoms with Gasteiger partial charge in [-0.1, -0.05) is 12.8 Å². The molecule has 1 amide bonds. The highest BCUT2D eigenvalue weighted by atomic mass is 32.2. The van der Waals surface area contributed by atoms with E-state index >= 15 is 0 Å². The number of amides is 1. The quantitative estimate of drug-likeness (QED) is 0.705. The molecule has 1 saturated carbocycles. The predicted molar refractivity (Wildman–Crippen MR) is 110 cm³/mol. The first kappa shape index (κ1) is 17.2. The van der Waals surface area contributed by atoms with Crippen LogP contribution in [0.1, 0.15) is 31.7 Å². The summed E-state index contributed by atoms with van der Waals surface area (Å²) >= 11 is 1.52. The molecule has 7 nitrogen and oxygen atoms in total. The Morgan fingerprint density at radius 1 is 1.14 bits per heavy atom. The Morgan fingerprint density at radius 2 is 2.00 bits per heavy atom. The van der Waals surface area contributed by atoms with Crippen LogP contribution >= 0.6 is 11.8 Å². The smallest absolute Gasteiger partial charge is 0.252 e. The Morgan fingerprint density at radius 3 is 2.86 bits per heavy atom. The second-order valence-electron chi connectivity index (χ2n) is 7.13. The van der Waals surface area contributed by atoms with Gasteiger partial charge in [-0.15, -0.1) is 11.8 Å². The Hall–Kier alpha value is -2.87. The van der Waals surface area contributed by atoms with Gasteiger partial charge in [0.1, 0.15) is 5.65 Å². The van der Waals surface area contributed by atoms with Crippen molar-refractivity contribution in [2.45, 2.75) is 36.6 Å². The zero-order valence-corrected chi connectivity index (χ0v) is 16.0. The molecule has 1 fully saturated rings. The summed E-state index contributed by atoms with van der Waals surface area (Å²) in [6.45, 7) is 0. The summed E-state index contributed by atoms with van der Waals surface area (Å²) in [6, 6.07) is 9.36. The lowest BCUT2D eigenvalue weighted by Crippen LogP contribution is -2.23. The molecule has 0 atom stereocenters. The van der Waals surface area contributed by atoms with Gasteiger partial charge >= 0.3 is 0 Å². The fourth-order valence-electron chi connectivity index (χ4n) is 3.90. The van der Waals surface area contributed by atoms with E-state index in [1.807, 2.05) is 22.8 Å². The van der Waals surface area contributed by atoms with Crippen LogP contribution in [0, 0.1) is 0 Å². The second kappa shape index (κ2) is 6.94. The van der Waals surface area contributed by atoms with Crippen molar-refractivity contribution >= 4 is 46.0 Å². The number of anilines is 3. The van der Waals surface area contributed by atoms with E-state index in [-0.39, 0.29) is 17.5 Å². The third-order valence-corrected chi connectivity index (χ3v) is 6.30. The third-order valence-electron chi connectivity index (χ3n) is 5.23. The normalized spacial score (nSPS) is 16.8. The number of rotatable bonds is 3. The number of carbonyl (C=O) groups excluding carboxylic acids is 1. The molecule has 5 rings (SSSR count). The van der Waals surface area contributed by atoms with E-state index in [1.165, 1.54) is 11.8 Å². The minimum atomic E-state index is -0.0161. The van der Waals surface area contributed by atoms with Crippen molar-refractivity contribution in [2.75, 3.05) is 16.4 Å². The molecule has 0 radical (unpaired) electrons. The van der Waals surface area contributed by atoms with Crippen molar-refractivity contribution in [1.29, 1.82) is 0 Å². The zero-order valence-electron chi connectivity index (χ0n) is 15.1. The SMILES string of the molecule is O=C1CSc2ccc(Nc3ncc4ccc(=O)n(C5CCCC5)c4n3)cc2N1. The first-order valence-electron chi connectivity index (χ1n) is 9.39. The van der Waals surface area contributed by atoms with Crippen molar-refractivity contribution in [3.8, 4) is 0 Å². The molecule has 0 spiro atoms. The van der Waals surface area contributed by atoms with Gasteiger partial charge in [0.2, 0.25) is 11.9 Å². The van der Waals surface area contributed by atoms with Crippen LogP contribution in [-0.2, 0) is 4.79 Å². The molecular formula is C20H19N5O2S. The largest absolute Gasteiger partial charge is 0.324 e. The maximum atomic E-state index is 12.5. The Labute approximate surface area is 165 Å².